The fourth-order valence-corrected chi connectivity index (χ4v) is 10.8. The van der Waals surface area contributed by atoms with Crippen LogP contribution in [0.3, 0.4) is 0 Å². The average molecular weight is 834 g/mol. The van der Waals surface area contributed by atoms with E-state index in [1.54, 1.807) is 0 Å². The van der Waals surface area contributed by atoms with E-state index in [2.05, 4.69) is 226 Å². The molecule has 3 nitrogen and oxygen atoms in total. The summed E-state index contributed by atoms with van der Waals surface area (Å²) in [6.45, 7) is 23.8. The molecule has 0 atom stereocenters. The van der Waals surface area contributed by atoms with Crippen LogP contribution in [0.15, 0.2) is 144 Å². The number of nitrogens with zero attached hydrogens (tertiary/aromatic N) is 1. The molecule has 0 amide bonds. The number of benzene rings is 7. The van der Waals surface area contributed by atoms with Crippen LogP contribution in [0.5, 0.6) is 0 Å². The highest BCUT2D eigenvalue weighted by Crippen LogP contribution is 2.51. The molecule has 0 spiro atoms. The number of hydrogen-bond donors (Lipinski definition) is 1. The van der Waals surface area contributed by atoms with Crippen molar-refractivity contribution in [1.82, 2.24) is 4.57 Å². The van der Waals surface area contributed by atoms with Crippen molar-refractivity contribution in [3.8, 4) is 39.3 Å². The summed E-state index contributed by atoms with van der Waals surface area (Å²) in [5.41, 5.74) is 20.6. The van der Waals surface area contributed by atoms with Gasteiger partial charge in [-0.15, -0.1) is 0 Å². The van der Waals surface area contributed by atoms with Gasteiger partial charge in [0.15, 0.2) is 7.28 Å². The van der Waals surface area contributed by atoms with E-state index in [-0.39, 0.29) is 21.7 Å². The van der Waals surface area contributed by atoms with Crippen LogP contribution in [0, 0.1) is 0 Å². The van der Waals surface area contributed by atoms with Crippen molar-refractivity contribution in [2.45, 2.75) is 104 Å². The van der Waals surface area contributed by atoms with Gasteiger partial charge in [0, 0.05) is 55.4 Å². The summed E-state index contributed by atoms with van der Waals surface area (Å²) < 4.78 is 9.65. The Morgan fingerprint density at radius 2 is 1.23 bits per heavy atom. The van der Waals surface area contributed by atoms with Crippen LogP contribution in [0.4, 0.5) is 11.4 Å². The topological polar surface area (TPSA) is 30.1 Å². The summed E-state index contributed by atoms with van der Waals surface area (Å²) in [5.74, 6) is 0.897. The standard InChI is InChI=1S/C60H58BN2O/c1-57(2,3)38-25-27-39(28-26-38)62-48-24-18-17-23-40(48)41-31-46(58(4,5)6)53-42-32-44-45(60(9,10)30-29-59(44,7)8)34-49(42)63-50-33-43-51(35-47(50)61-54(41)55(53)63)64-56(37-21-15-12-16-22-37)52(43)36-19-13-11-14-20-36/h11-28,31-35,62H,29-30H2,1-10H3. The second kappa shape index (κ2) is 14.1. The van der Waals surface area contributed by atoms with Crippen molar-refractivity contribution in [3.63, 3.8) is 0 Å². The highest BCUT2D eigenvalue weighted by atomic mass is 16.3. The molecule has 11 rings (SSSR count). The second-order valence-electron chi connectivity index (χ2n) is 22.0. The molecule has 7 aromatic carbocycles. The smallest absolute Gasteiger partial charge is 0.198 e. The summed E-state index contributed by atoms with van der Waals surface area (Å²) in [4.78, 5) is 0. The Kier molecular flexibility index (Phi) is 8.94. The highest BCUT2D eigenvalue weighted by molar-refractivity contribution is 6.73. The molecule has 1 aliphatic carbocycles. The molecule has 0 saturated heterocycles. The third-order valence-electron chi connectivity index (χ3n) is 14.6. The van der Waals surface area contributed by atoms with Gasteiger partial charge < -0.3 is 14.3 Å². The quantitative estimate of drug-likeness (QED) is 0.175. The molecule has 4 heteroatoms. The summed E-state index contributed by atoms with van der Waals surface area (Å²) in [6, 6.07) is 51.6. The van der Waals surface area contributed by atoms with Gasteiger partial charge in [-0.3, -0.25) is 0 Å². The number of hydrogen-bond acceptors (Lipinski definition) is 2. The predicted molar refractivity (Wildman–Crippen MR) is 274 cm³/mol. The molecule has 64 heavy (non-hydrogen) atoms. The third-order valence-corrected chi connectivity index (χ3v) is 14.6. The van der Waals surface area contributed by atoms with E-state index in [1.807, 2.05) is 0 Å². The number of fused-ring (bicyclic) bond motifs is 7. The van der Waals surface area contributed by atoms with Crippen LogP contribution in [-0.4, -0.2) is 11.8 Å². The number of aromatic nitrogens is 1. The molecular weight excluding hydrogens is 775 g/mol. The molecule has 1 N–H and O–H groups in total. The molecular formula is C60H58BN2O. The molecule has 3 heterocycles. The molecule has 1 aliphatic heterocycles. The third kappa shape index (κ3) is 6.39. The van der Waals surface area contributed by atoms with E-state index in [9.17, 15) is 0 Å². The van der Waals surface area contributed by atoms with Crippen LogP contribution in [0.1, 0.15) is 104 Å². The van der Waals surface area contributed by atoms with E-state index in [4.69, 9.17) is 4.42 Å². The first-order chi connectivity index (χ1) is 30.5. The van der Waals surface area contributed by atoms with E-state index < -0.39 is 0 Å². The first-order valence-electron chi connectivity index (χ1n) is 23.2. The average Bonchev–Trinajstić information content (AvgIpc) is 3.81. The van der Waals surface area contributed by atoms with Crippen LogP contribution < -0.4 is 16.2 Å². The minimum absolute atomic E-state index is 0.0511. The monoisotopic (exact) mass is 833 g/mol. The van der Waals surface area contributed by atoms with Crippen LogP contribution >= 0.6 is 0 Å². The van der Waals surface area contributed by atoms with Crippen LogP contribution in [0.25, 0.3) is 72.0 Å². The van der Waals surface area contributed by atoms with Gasteiger partial charge in [0.1, 0.15) is 11.3 Å². The largest absolute Gasteiger partial charge is 0.455 e. The van der Waals surface area contributed by atoms with Gasteiger partial charge in [-0.05, 0) is 116 Å². The van der Waals surface area contributed by atoms with Gasteiger partial charge in [-0.1, -0.05) is 172 Å². The number of furan rings is 1. The van der Waals surface area contributed by atoms with Crippen LogP contribution in [0.2, 0.25) is 0 Å². The molecule has 9 aromatic rings. The first kappa shape index (κ1) is 40.5. The van der Waals surface area contributed by atoms with E-state index in [0.29, 0.717) is 0 Å². The van der Waals surface area contributed by atoms with E-state index in [0.717, 1.165) is 56.7 Å². The Morgan fingerprint density at radius 1 is 0.609 bits per heavy atom. The number of para-hydroxylation sites is 1. The van der Waals surface area contributed by atoms with Gasteiger partial charge in [0.05, 0.1) is 5.52 Å². The van der Waals surface area contributed by atoms with E-state index in [1.165, 1.54) is 72.8 Å². The lowest BCUT2D eigenvalue weighted by atomic mass is 9.58. The summed E-state index contributed by atoms with van der Waals surface area (Å²) in [5, 5.41) is 7.68. The molecule has 0 unspecified atom stereocenters. The Labute approximate surface area is 379 Å². The number of rotatable bonds is 5. The van der Waals surface area contributed by atoms with Crippen molar-refractivity contribution in [2.24, 2.45) is 0 Å². The molecule has 1 radical (unpaired) electrons. The van der Waals surface area contributed by atoms with Gasteiger partial charge in [0.2, 0.25) is 0 Å². The second-order valence-corrected chi connectivity index (χ2v) is 22.0. The zero-order valence-corrected chi connectivity index (χ0v) is 39.1. The zero-order chi connectivity index (χ0) is 44.5. The molecule has 0 saturated carbocycles. The van der Waals surface area contributed by atoms with Gasteiger partial charge in [0.25, 0.3) is 0 Å². The van der Waals surface area contributed by atoms with Gasteiger partial charge in [-0.2, -0.15) is 0 Å². The van der Waals surface area contributed by atoms with Crippen molar-refractivity contribution in [3.05, 3.63) is 162 Å². The molecule has 2 aliphatic rings. The minimum atomic E-state index is -0.151. The maximum atomic E-state index is 7.01. The van der Waals surface area contributed by atoms with E-state index >= 15 is 0 Å². The molecule has 0 bridgehead atoms. The Morgan fingerprint density at radius 3 is 1.89 bits per heavy atom. The van der Waals surface area contributed by atoms with Gasteiger partial charge in [-0.25, -0.2) is 0 Å². The molecule has 2 aromatic heterocycles. The van der Waals surface area contributed by atoms with Gasteiger partial charge >= 0.3 is 0 Å². The fourth-order valence-electron chi connectivity index (χ4n) is 10.8. The van der Waals surface area contributed by atoms with Crippen molar-refractivity contribution >= 4 is 62.4 Å². The maximum absolute atomic E-state index is 7.01. The van der Waals surface area contributed by atoms with Crippen molar-refractivity contribution in [2.75, 3.05) is 5.32 Å². The van der Waals surface area contributed by atoms with Crippen LogP contribution in [-0.2, 0) is 21.7 Å². The summed E-state index contributed by atoms with van der Waals surface area (Å²) in [7, 11) is 2.45. The number of nitrogens with one attached hydrogen (secondary N) is 1. The molecule has 317 valence electrons. The lowest BCUT2D eigenvalue weighted by Gasteiger charge is -2.42. The maximum Gasteiger partial charge on any atom is 0.198 e. The Balaban J connectivity index is 1.24. The molecule has 0 fully saturated rings. The minimum Gasteiger partial charge on any atom is -0.455 e. The zero-order valence-electron chi connectivity index (χ0n) is 39.1. The van der Waals surface area contributed by atoms with Crippen molar-refractivity contribution in [1.29, 1.82) is 0 Å². The Bertz CT molecular complexity index is 3310. The lowest BCUT2D eigenvalue weighted by Crippen LogP contribution is -2.38. The highest BCUT2D eigenvalue weighted by Gasteiger charge is 2.39. The Hall–Kier alpha value is -6.26. The summed E-state index contributed by atoms with van der Waals surface area (Å²) >= 11 is 0. The fraction of sp³-hybridized carbons (Fsp3) is 0.267. The number of anilines is 2. The SMILES string of the molecule is CC(C)(C)c1ccc(Nc2ccccc2-c2cc(C(C)(C)C)c3c4cc5c(cc4n4c3c2[B]c2cc3oc(-c6ccccc6)c(-c6ccccc6)c3cc2-4)C(C)(C)CCC5(C)C)cc1. The normalized spacial score (nSPS) is 15.3. The predicted octanol–water partition coefficient (Wildman–Crippen LogP) is 15.2. The first-order valence-corrected chi connectivity index (χ1v) is 23.2. The van der Waals surface area contributed by atoms with Crippen molar-refractivity contribution < 1.29 is 4.42 Å². The summed E-state index contributed by atoms with van der Waals surface area (Å²) in [6.07, 6.45) is 2.33. The lowest BCUT2D eigenvalue weighted by molar-refractivity contribution is 0.332.